The minimum atomic E-state index is -3.96. The summed E-state index contributed by atoms with van der Waals surface area (Å²) in [6, 6.07) is 8.73. The lowest BCUT2D eigenvalue weighted by atomic mass is 10.3. The summed E-state index contributed by atoms with van der Waals surface area (Å²) in [6.45, 7) is 2.41. The molecule has 1 amide bonds. The Hall–Kier alpha value is -2.89. The molecule has 1 aliphatic rings. The lowest BCUT2D eigenvalue weighted by Crippen LogP contribution is -2.41. The minimum Gasteiger partial charge on any atom is -0.497 e. The van der Waals surface area contributed by atoms with Gasteiger partial charge in [0.15, 0.2) is 16.6 Å². The molecular weight excluding hydrogens is 442 g/mol. The Kier molecular flexibility index (Phi) is 5.99. The number of nitrogens with zero attached hydrogens (tertiary/aromatic N) is 1. The average Bonchev–Trinajstić information content (AvgIpc) is 2.99. The van der Waals surface area contributed by atoms with E-state index in [0.717, 1.165) is 4.70 Å². The molecule has 0 fully saturated rings. The molecule has 2 heterocycles. The Morgan fingerprint density at radius 3 is 2.71 bits per heavy atom. The number of anilines is 1. The van der Waals surface area contributed by atoms with E-state index in [1.807, 2.05) is 6.07 Å². The van der Waals surface area contributed by atoms with Crippen molar-refractivity contribution in [2.24, 2.45) is 0 Å². The molecule has 2 aromatic carbocycles. The quantitative estimate of drug-likeness (QED) is 0.577. The van der Waals surface area contributed by atoms with Crippen LogP contribution < -0.4 is 24.2 Å². The predicted octanol–water partition coefficient (Wildman–Crippen LogP) is 2.77. The highest BCUT2D eigenvalue weighted by Crippen LogP contribution is 2.32. The zero-order chi connectivity index (χ0) is 22.0. The SMILES string of the molecule is COc1ccc2nc(NC(=O)[C@H](C)NS(=O)(=O)c3ccc4c(c3)OCCCO4)sc2c1. The molecule has 0 spiro atoms. The molecule has 11 heteroatoms. The number of hydrogen-bond donors (Lipinski definition) is 2. The number of carbonyl (C=O) groups excluding carboxylic acids is 1. The number of fused-ring (bicyclic) bond motifs is 2. The number of carbonyl (C=O) groups is 1. The maximum atomic E-state index is 12.8. The molecule has 0 saturated carbocycles. The summed E-state index contributed by atoms with van der Waals surface area (Å²) in [4.78, 5) is 16.9. The fraction of sp³-hybridized carbons (Fsp3) is 0.300. The summed E-state index contributed by atoms with van der Waals surface area (Å²) < 4.78 is 45.0. The molecule has 0 unspecified atom stereocenters. The number of amides is 1. The van der Waals surface area contributed by atoms with E-state index in [4.69, 9.17) is 14.2 Å². The molecule has 0 saturated heterocycles. The highest BCUT2D eigenvalue weighted by molar-refractivity contribution is 7.89. The van der Waals surface area contributed by atoms with Gasteiger partial charge in [0.2, 0.25) is 15.9 Å². The summed E-state index contributed by atoms with van der Waals surface area (Å²) >= 11 is 1.27. The second-order valence-corrected chi connectivity index (χ2v) is 9.59. The van der Waals surface area contributed by atoms with Gasteiger partial charge in [-0.2, -0.15) is 4.72 Å². The molecule has 0 bridgehead atoms. The first-order valence-electron chi connectivity index (χ1n) is 9.53. The predicted molar refractivity (Wildman–Crippen MR) is 117 cm³/mol. The molecule has 164 valence electrons. The van der Waals surface area contributed by atoms with Crippen molar-refractivity contribution in [3.8, 4) is 17.2 Å². The normalized spacial score (nSPS) is 14.6. The Morgan fingerprint density at radius 1 is 1.16 bits per heavy atom. The van der Waals surface area contributed by atoms with Gasteiger partial charge in [0, 0.05) is 12.5 Å². The third-order valence-corrected chi connectivity index (χ3v) is 7.05. The Morgan fingerprint density at radius 2 is 1.94 bits per heavy atom. The van der Waals surface area contributed by atoms with E-state index >= 15 is 0 Å². The summed E-state index contributed by atoms with van der Waals surface area (Å²) in [7, 11) is -2.38. The summed E-state index contributed by atoms with van der Waals surface area (Å²) in [6.07, 6.45) is 0.713. The number of nitrogens with one attached hydrogen (secondary N) is 2. The zero-order valence-corrected chi connectivity index (χ0v) is 18.5. The first-order chi connectivity index (χ1) is 14.9. The van der Waals surface area contributed by atoms with Crippen molar-refractivity contribution in [3.63, 3.8) is 0 Å². The Balaban J connectivity index is 1.46. The van der Waals surface area contributed by atoms with Crippen LogP contribution in [-0.4, -0.2) is 45.7 Å². The lowest BCUT2D eigenvalue weighted by molar-refractivity contribution is -0.117. The zero-order valence-electron chi connectivity index (χ0n) is 16.9. The first kappa shape index (κ1) is 21.3. The van der Waals surface area contributed by atoms with Crippen LogP contribution in [-0.2, 0) is 14.8 Å². The third kappa shape index (κ3) is 4.73. The van der Waals surface area contributed by atoms with E-state index in [0.29, 0.717) is 47.5 Å². The van der Waals surface area contributed by atoms with Crippen molar-refractivity contribution in [2.45, 2.75) is 24.3 Å². The molecule has 3 aromatic rings. The summed E-state index contributed by atoms with van der Waals surface area (Å²) in [5.74, 6) is 1.02. The lowest BCUT2D eigenvalue weighted by Gasteiger charge is -2.14. The number of thiazole rings is 1. The van der Waals surface area contributed by atoms with E-state index < -0.39 is 22.0 Å². The van der Waals surface area contributed by atoms with Crippen molar-refractivity contribution >= 4 is 42.6 Å². The van der Waals surface area contributed by atoms with E-state index in [1.54, 1.807) is 25.3 Å². The summed E-state index contributed by atoms with van der Waals surface area (Å²) in [5, 5.41) is 3.03. The number of aromatic nitrogens is 1. The fourth-order valence-electron chi connectivity index (χ4n) is 2.96. The van der Waals surface area contributed by atoms with Crippen molar-refractivity contribution in [1.29, 1.82) is 0 Å². The van der Waals surface area contributed by atoms with Crippen molar-refractivity contribution in [2.75, 3.05) is 25.6 Å². The number of sulfonamides is 1. The van der Waals surface area contributed by atoms with Gasteiger partial charge in [0.05, 0.1) is 41.5 Å². The number of hydrogen-bond acceptors (Lipinski definition) is 8. The summed E-state index contributed by atoms with van der Waals surface area (Å²) in [5.41, 5.74) is 0.710. The molecule has 4 rings (SSSR count). The van der Waals surface area contributed by atoms with Gasteiger partial charge >= 0.3 is 0 Å². The van der Waals surface area contributed by atoms with E-state index in [-0.39, 0.29) is 4.90 Å². The Labute approximate surface area is 183 Å². The van der Waals surface area contributed by atoms with E-state index in [2.05, 4.69) is 15.0 Å². The molecule has 0 radical (unpaired) electrons. The van der Waals surface area contributed by atoms with Gasteiger partial charge in [0.25, 0.3) is 0 Å². The highest BCUT2D eigenvalue weighted by atomic mass is 32.2. The van der Waals surface area contributed by atoms with Crippen LogP contribution in [0.25, 0.3) is 10.2 Å². The van der Waals surface area contributed by atoms with E-state index in [9.17, 15) is 13.2 Å². The highest BCUT2D eigenvalue weighted by Gasteiger charge is 2.24. The third-order valence-electron chi connectivity index (χ3n) is 4.58. The molecule has 2 N–H and O–H groups in total. The molecule has 9 nitrogen and oxygen atoms in total. The van der Waals surface area contributed by atoms with Crippen molar-refractivity contribution in [3.05, 3.63) is 36.4 Å². The van der Waals surface area contributed by atoms with Gasteiger partial charge in [-0.1, -0.05) is 11.3 Å². The van der Waals surface area contributed by atoms with Crippen LogP contribution >= 0.6 is 11.3 Å². The van der Waals surface area contributed by atoms with Crippen LogP contribution in [0.1, 0.15) is 13.3 Å². The van der Waals surface area contributed by atoms with Gasteiger partial charge in [-0.3, -0.25) is 4.79 Å². The number of methoxy groups -OCH3 is 1. The van der Waals surface area contributed by atoms with Crippen LogP contribution in [0.4, 0.5) is 5.13 Å². The first-order valence-corrected chi connectivity index (χ1v) is 11.8. The monoisotopic (exact) mass is 463 g/mol. The number of rotatable bonds is 6. The van der Waals surface area contributed by atoms with Crippen molar-refractivity contribution in [1.82, 2.24) is 9.71 Å². The van der Waals surface area contributed by atoms with Gasteiger partial charge < -0.3 is 19.5 Å². The van der Waals surface area contributed by atoms with Crippen LogP contribution in [0.3, 0.4) is 0 Å². The number of benzene rings is 2. The van der Waals surface area contributed by atoms with E-state index in [1.165, 1.54) is 30.4 Å². The van der Waals surface area contributed by atoms with Gasteiger partial charge in [-0.05, 0) is 37.3 Å². The fourth-order valence-corrected chi connectivity index (χ4v) is 5.08. The standard InChI is InChI=1S/C20H21N3O6S2/c1-12(19(24)22-20-21-15-6-4-13(27-2)10-18(15)30-20)23-31(25,26)14-5-7-16-17(11-14)29-9-3-8-28-16/h4-7,10-12,23H,3,8-9H2,1-2H3,(H,21,22,24)/t12-/m0/s1. The Bertz CT molecular complexity index is 1220. The maximum Gasteiger partial charge on any atom is 0.244 e. The largest absolute Gasteiger partial charge is 0.497 e. The topological polar surface area (TPSA) is 116 Å². The molecule has 31 heavy (non-hydrogen) atoms. The van der Waals surface area contributed by atoms with Crippen molar-refractivity contribution < 1.29 is 27.4 Å². The second kappa shape index (κ2) is 8.69. The second-order valence-electron chi connectivity index (χ2n) is 6.84. The average molecular weight is 464 g/mol. The van der Waals surface area contributed by atoms with Crippen LogP contribution in [0.5, 0.6) is 17.2 Å². The smallest absolute Gasteiger partial charge is 0.244 e. The molecule has 1 aromatic heterocycles. The minimum absolute atomic E-state index is 0.0107. The number of ether oxygens (including phenoxy) is 3. The van der Waals surface area contributed by atoms with Crippen LogP contribution in [0.15, 0.2) is 41.3 Å². The molecule has 1 atom stereocenters. The molecular formula is C20H21N3O6S2. The molecule has 0 aliphatic carbocycles. The van der Waals surface area contributed by atoms with Crippen LogP contribution in [0, 0.1) is 0 Å². The maximum absolute atomic E-state index is 12.8. The van der Waals surface area contributed by atoms with Crippen LogP contribution in [0.2, 0.25) is 0 Å². The van der Waals surface area contributed by atoms with Gasteiger partial charge in [0.1, 0.15) is 5.75 Å². The van der Waals surface area contributed by atoms with Gasteiger partial charge in [-0.25, -0.2) is 13.4 Å². The van der Waals surface area contributed by atoms with Gasteiger partial charge in [-0.15, -0.1) is 0 Å². The molecule has 1 aliphatic heterocycles.